The molecule has 1 aliphatic rings. The summed E-state index contributed by atoms with van der Waals surface area (Å²) in [5.41, 5.74) is 3.10. The zero-order valence-electron chi connectivity index (χ0n) is 11.4. The van der Waals surface area contributed by atoms with E-state index >= 15 is 0 Å². The number of nitrogens with zero attached hydrogens (tertiary/aromatic N) is 2. The van der Waals surface area contributed by atoms with E-state index in [0.717, 1.165) is 5.76 Å². The summed E-state index contributed by atoms with van der Waals surface area (Å²) < 4.78 is 5.68. The van der Waals surface area contributed by atoms with E-state index in [2.05, 4.69) is 27.4 Å². The summed E-state index contributed by atoms with van der Waals surface area (Å²) >= 11 is 0. The molecule has 1 aliphatic carbocycles. The molecule has 2 heterocycles. The molecule has 2 aromatic heterocycles. The molecule has 1 saturated carbocycles. The number of hydrazone groups is 1. The Kier molecular flexibility index (Phi) is 3.14. The third-order valence-electron chi connectivity index (χ3n) is 3.35. The molecule has 0 aromatic carbocycles. The lowest BCUT2D eigenvalue weighted by Crippen LogP contribution is -2.10. The Bertz CT molecular complexity index is 701. The van der Waals surface area contributed by atoms with Gasteiger partial charge in [0.25, 0.3) is 5.56 Å². The van der Waals surface area contributed by atoms with Crippen LogP contribution >= 0.6 is 0 Å². The van der Waals surface area contributed by atoms with E-state index in [1.807, 2.05) is 12.1 Å². The second kappa shape index (κ2) is 4.96. The number of hydrogen-bond acceptors (Lipinski definition) is 5. The molecule has 0 radical (unpaired) electrons. The Balaban J connectivity index is 1.65. The van der Waals surface area contributed by atoms with Gasteiger partial charge in [0.1, 0.15) is 11.5 Å². The molecule has 20 heavy (non-hydrogen) atoms. The highest BCUT2D eigenvalue weighted by Crippen LogP contribution is 2.47. The Morgan fingerprint density at radius 3 is 3.05 bits per heavy atom. The second-order valence-electron chi connectivity index (χ2n) is 5.16. The van der Waals surface area contributed by atoms with Crippen LogP contribution in [0.15, 0.2) is 32.5 Å². The molecule has 0 spiro atoms. The minimum Gasteiger partial charge on any atom is -0.460 e. The monoisotopic (exact) mass is 272 g/mol. The second-order valence-corrected chi connectivity index (χ2v) is 5.16. The molecular formula is C14H16N4O2. The highest BCUT2D eigenvalue weighted by atomic mass is 16.3. The van der Waals surface area contributed by atoms with Gasteiger partial charge in [-0.1, -0.05) is 6.92 Å². The van der Waals surface area contributed by atoms with Crippen molar-refractivity contribution in [3.8, 4) is 0 Å². The Morgan fingerprint density at radius 2 is 2.35 bits per heavy atom. The fourth-order valence-electron chi connectivity index (χ4n) is 2.14. The number of hydrogen-bond donors (Lipinski definition) is 2. The lowest BCUT2D eigenvalue weighted by atomic mass is 10.3. The molecule has 3 rings (SSSR count). The van der Waals surface area contributed by atoms with Crippen LogP contribution in [0.25, 0.3) is 0 Å². The van der Waals surface area contributed by atoms with Crippen molar-refractivity contribution in [1.29, 1.82) is 0 Å². The van der Waals surface area contributed by atoms with Crippen LogP contribution in [0.1, 0.15) is 36.5 Å². The first kappa shape index (κ1) is 12.7. The summed E-state index contributed by atoms with van der Waals surface area (Å²) in [4.78, 5) is 17.9. The number of aromatic amines is 1. The summed E-state index contributed by atoms with van der Waals surface area (Å²) in [5, 5.41) is 4.00. The predicted molar refractivity (Wildman–Crippen MR) is 76.0 cm³/mol. The third kappa shape index (κ3) is 2.79. The number of furan rings is 1. The Labute approximate surface area is 115 Å². The molecule has 0 unspecified atom stereocenters. The third-order valence-corrected chi connectivity index (χ3v) is 3.35. The summed E-state index contributed by atoms with van der Waals surface area (Å²) in [6.45, 7) is 3.96. The number of rotatable bonds is 4. The van der Waals surface area contributed by atoms with Gasteiger partial charge in [0, 0.05) is 17.7 Å². The van der Waals surface area contributed by atoms with Crippen molar-refractivity contribution < 1.29 is 4.42 Å². The molecule has 2 N–H and O–H groups in total. The van der Waals surface area contributed by atoms with Crippen molar-refractivity contribution >= 4 is 12.2 Å². The van der Waals surface area contributed by atoms with Gasteiger partial charge in [-0.2, -0.15) is 5.10 Å². The highest BCUT2D eigenvalue weighted by Gasteiger charge is 2.36. The minimum atomic E-state index is -0.210. The molecule has 104 valence electrons. The smallest absolute Gasteiger partial charge is 0.252 e. The molecule has 2 atom stereocenters. The van der Waals surface area contributed by atoms with E-state index in [9.17, 15) is 4.79 Å². The lowest BCUT2D eigenvalue weighted by Gasteiger charge is -1.98. The number of nitrogens with one attached hydrogen (secondary N) is 2. The van der Waals surface area contributed by atoms with Crippen LogP contribution < -0.4 is 11.0 Å². The summed E-state index contributed by atoms with van der Waals surface area (Å²) in [5.74, 6) is 3.28. The standard InChI is InChI=1S/C14H16N4O2/c1-8-5-11(8)12-4-3-10(20-12)7-15-18-14-16-9(2)6-13(19)17-14/h3-4,6-8,11H,5H2,1-2H3,(H2,16,17,18,19)/b15-7-/t8-,11+/m0/s1. The van der Waals surface area contributed by atoms with E-state index in [1.54, 1.807) is 13.1 Å². The predicted octanol–water partition coefficient (Wildman–Crippen LogP) is 2.24. The Morgan fingerprint density at radius 1 is 1.55 bits per heavy atom. The van der Waals surface area contributed by atoms with Crippen LogP contribution in [-0.4, -0.2) is 16.2 Å². The first-order valence-electron chi connectivity index (χ1n) is 6.58. The average molecular weight is 272 g/mol. The van der Waals surface area contributed by atoms with Gasteiger partial charge in [0.2, 0.25) is 5.95 Å². The van der Waals surface area contributed by atoms with Gasteiger partial charge in [-0.3, -0.25) is 9.78 Å². The van der Waals surface area contributed by atoms with Gasteiger partial charge in [0.05, 0.1) is 6.21 Å². The van der Waals surface area contributed by atoms with Crippen LogP contribution in [-0.2, 0) is 0 Å². The summed E-state index contributed by atoms with van der Waals surface area (Å²) in [7, 11) is 0. The zero-order chi connectivity index (χ0) is 14.1. The molecule has 2 aromatic rings. The number of H-pyrrole nitrogens is 1. The SMILES string of the molecule is Cc1cc(=O)[nH]c(N/N=C\c2ccc([C@@H]3C[C@@H]3C)o2)n1. The first-order chi connectivity index (χ1) is 9.61. The molecule has 0 aliphatic heterocycles. The number of anilines is 1. The van der Waals surface area contributed by atoms with Crippen LogP contribution in [0.2, 0.25) is 0 Å². The molecule has 0 amide bonds. The number of aromatic nitrogens is 2. The van der Waals surface area contributed by atoms with Gasteiger partial charge in [-0.25, -0.2) is 10.4 Å². The molecule has 6 nitrogen and oxygen atoms in total. The number of aryl methyl sites for hydroxylation is 1. The maximum atomic E-state index is 11.3. The average Bonchev–Trinajstić information content (AvgIpc) is 2.92. The van der Waals surface area contributed by atoms with Crippen molar-refractivity contribution in [3.05, 3.63) is 45.8 Å². The normalized spacial score (nSPS) is 21.3. The quantitative estimate of drug-likeness (QED) is 0.660. The zero-order valence-corrected chi connectivity index (χ0v) is 11.4. The van der Waals surface area contributed by atoms with Crippen molar-refractivity contribution in [2.24, 2.45) is 11.0 Å². The van der Waals surface area contributed by atoms with E-state index in [-0.39, 0.29) is 5.56 Å². The first-order valence-corrected chi connectivity index (χ1v) is 6.58. The van der Waals surface area contributed by atoms with Crippen LogP contribution in [0.3, 0.4) is 0 Å². The fraction of sp³-hybridized carbons (Fsp3) is 0.357. The fourth-order valence-corrected chi connectivity index (χ4v) is 2.14. The highest BCUT2D eigenvalue weighted by molar-refractivity contribution is 5.76. The molecule has 6 heteroatoms. The van der Waals surface area contributed by atoms with E-state index in [1.165, 1.54) is 12.5 Å². The van der Waals surface area contributed by atoms with E-state index in [0.29, 0.717) is 29.2 Å². The largest absolute Gasteiger partial charge is 0.460 e. The van der Waals surface area contributed by atoms with Gasteiger partial charge >= 0.3 is 0 Å². The molecule has 0 saturated heterocycles. The van der Waals surface area contributed by atoms with Crippen LogP contribution in [0.5, 0.6) is 0 Å². The van der Waals surface area contributed by atoms with Gasteiger partial charge < -0.3 is 4.42 Å². The van der Waals surface area contributed by atoms with Gasteiger partial charge in [0.15, 0.2) is 0 Å². The van der Waals surface area contributed by atoms with Crippen molar-refractivity contribution in [3.63, 3.8) is 0 Å². The van der Waals surface area contributed by atoms with Crippen LogP contribution in [0, 0.1) is 12.8 Å². The molecular weight excluding hydrogens is 256 g/mol. The van der Waals surface area contributed by atoms with E-state index < -0.39 is 0 Å². The lowest BCUT2D eigenvalue weighted by molar-refractivity contribution is 0.500. The van der Waals surface area contributed by atoms with Crippen molar-refractivity contribution in [2.75, 3.05) is 5.43 Å². The van der Waals surface area contributed by atoms with Crippen LogP contribution in [0.4, 0.5) is 5.95 Å². The maximum absolute atomic E-state index is 11.3. The van der Waals surface area contributed by atoms with E-state index in [4.69, 9.17) is 4.42 Å². The topological polar surface area (TPSA) is 83.3 Å². The van der Waals surface area contributed by atoms with Crippen molar-refractivity contribution in [1.82, 2.24) is 9.97 Å². The molecule has 1 fully saturated rings. The minimum absolute atomic E-state index is 0.210. The summed E-state index contributed by atoms with van der Waals surface area (Å²) in [6.07, 6.45) is 2.76. The summed E-state index contributed by atoms with van der Waals surface area (Å²) in [6, 6.07) is 5.30. The van der Waals surface area contributed by atoms with Gasteiger partial charge in [-0.05, 0) is 31.4 Å². The van der Waals surface area contributed by atoms with Gasteiger partial charge in [-0.15, -0.1) is 0 Å². The van der Waals surface area contributed by atoms with Crippen molar-refractivity contribution in [2.45, 2.75) is 26.2 Å². The Hall–Kier alpha value is -2.37. The maximum Gasteiger partial charge on any atom is 0.252 e. The molecule has 0 bridgehead atoms.